The van der Waals surface area contributed by atoms with E-state index in [1.54, 1.807) is 11.0 Å². The van der Waals surface area contributed by atoms with Crippen LogP contribution in [-0.4, -0.2) is 61.6 Å². The SMILES string of the molecule is CC1CN(c2cc(F)c(C3=CCNCC3)c(F)c2NC(=O)c2c[nH]c(=O)cc2C(F)F)CCN1C. The van der Waals surface area contributed by atoms with Crippen molar-refractivity contribution in [1.82, 2.24) is 15.2 Å². The van der Waals surface area contributed by atoms with E-state index in [0.29, 0.717) is 50.8 Å². The Labute approximate surface area is 199 Å². The minimum atomic E-state index is -3.09. The molecule has 35 heavy (non-hydrogen) atoms. The van der Waals surface area contributed by atoms with E-state index < -0.39 is 40.7 Å². The lowest BCUT2D eigenvalue weighted by Crippen LogP contribution is -2.50. The van der Waals surface area contributed by atoms with Gasteiger partial charge in [0.2, 0.25) is 5.56 Å². The molecule has 3 N–H and O–H groups in total. The first kappa shape index (κ1) is 24.9. The molecule has 11 heteroatoms. The fourth-order valence-electron chi connectivity index (χ4n) is 4.43. The number of rotatable bonds is 5. The summed E-state index contributed by atoms with van der Waals surface area (Å²) in [4.78, 5) is 30.6. The number of benzene rings is 1. The molecule has 2 aromatic rings. The molecule has 1 aromatic carbocycles. The average Bonchev–Trinajstić information content (AvgIpc) is 2.83. The number of anilines is 2. The van der Waals surface area contributed by atoms with Gasteiger partial charge in [0.15, 0.2) is 5.82 Å². The van der Waals surface area contributed by atoms with E-state index in [1.165, 1.54) is 6.07 Å². The van der Waals surface area contributed by atoms with Gasteiger partial charge in [-0.3, -0.25) is 9.59 Å². The Hall–Kier alpha value is -3.18. The van der Waals surface area contributed by atoms with Gasteiger partial charge >= 0.3 is 0 Å². The molecule has 1 atom stereocenters. The zero-order chi connectivity index (χ0) is 25.3. The van der Waals surface area contributed by atoms with Crippen LogP contribution in [0.25, 0.3) is 5.57 Å². The molecule has 2 aliphatic heterocycles. The van der Waals surface area contributed by atoms with E-state index in [0.717, 1.165) is 6.20 Å². The molecule has 1 unspecified atom stereocenters. The van der Waals surface area contributed by atoms with Gasteiger partial charge in [-0.15, -0.1) is 0 Å². The van der Waals surface area contributed by atoms with Gasteiger partial charge in [0.05, 0.1) is 16.8 Å². The third-order valence-electron chi connectivity index (χ3n) is 6.56. The molecule has 0 bridgehead atoms. The summed E-state index contributed by atoms with van der Waals surface area (Å²) in [6.45, 7) is 4.50. The number of halogens is 4. The highest BCUT2D eigenvalue weighted by Crippen LogP contribution is 2.38. The van der Waals surface area contributed by atoms with Crippen LogP contribution in [0.3, 0.4) is 0 Å². The summed E-state index contributed by atoms with van der Waals surface area (Å²) in [6, 6.07) is 1.90. The molecule has 188 valence electrons. The summed E-state index contributed by atoms with van der Waals surface area (Å²) in [5, 5.41) is 5.49. The molecule has 0 aliphatic carbocycles. The first-order valence-electron chi connectivity index (χ1n) is 11.4. The maximum Gasteiger partial charge on any atom is 0.264 e. The highest BCUT2D eigenvalue weighted by atomic mass is 19.3. The van der Waals surface area contributed by atoms with Gasteiger partial charge in [0.1, 0.15) is 11.5 Å². The van der Waals surface area contributed by atoms with Crippen LogP contribution >= 0.6 is 0 Å². The molecule has 3 heterocycles. The second kappa shape index (κ2) is 10.2. The van der Waals surface area contributed by atoms with Gasteiger partial charge in [-0.25, -0.2) is 17.6 Å². The summed E-state index contributed by atoms with van der Waals surface area (Å²) < 4.78 is 58.3. The van der Waals surface area contributed by atoms with Crippen molar-refractivity contribution in [2.24, 2.45) is 0 Å². The lowest BCUT2D eigenvalue weighted by molar-refractivity contribution is 0.101. The topological polar surface area (TPSA) is 80.5 Å². The number of alkyl halides is 2. The Morgan fingerprint density at radius 2 is 2.00 bits per heavy atom. The Morgan fingerprint density at radius 1 is 1.23 bits per heavy atom. The van der Waals surface area contributed by atoms with Crippen LogP contribution in [0, 0.1) is 11.6 Å². The number of aromatic nitrogens is 1. The Bertz CT molecular complexity index is 1210. The largest absolute Gasteiger partial charge is 0.367 e. The van der Waals surface area contributed by atoms with Crippen molar-refractivity contribution in [3.05, 3.63) is 63.1 Å². The number of nitrogens with one attached hydrogen (secondary N) is 3. The fraction of sp³-hybridized carbons (Fsp3) is 0.417. The molecule has 0 spiro atoms. The summed E-state index contributed by atoms with van der Waals surface area (Å²) >= 11 is 0. The maximum atomic E-state index is 15.9. The highest BCUT2D eigenvalue weighted by Gasteiger charge is 2.30. The summed E-state index contributed by atoms with van der Waals surface area (Å²) in [5.41, 5.74) is -2.00. The van der Waals surface area contributed by atoms with Gasteiger partial charge in [-0.05, 0) is 32.5 Å². The molecular weight excluding hydrogens is 466 g/mol. The predicted octanol–water partition coefficient (Wildman–Crippen LogP) is 3.36. The van der Waals surface area contributed by atoms with Gasteiger partial charge in [-0.2, -0.15) is 0 Å². The first-order valence-corrected chi connectivity index (χ1v) is 11.4. The number of carbonyl (C=O) groups excluding carboxylic acids is 1. The number of nitrogens with zero attached hydrogens (tertiary/aromatic N) is 2. The van der Waals surface area contributed by atoms with Crippen molar-refractivity contribution in [3.63, 3.8) is 0 Å². The molecule has 0 radical (unpaired) electrons. The number of likely N-dealkylation sites (N-methyl/N-ethyl adjacent to an activating group) is 1. The van der Waals surface area contributed by atoms with Gasteiger partial charge in [0, 0.05) is 56.1 Å². The van der Waals surface area contributed by atoms with Crippen LogP contribution in [0.1, 0.15) is 41.3 Å². The molecule has 0 saturated carbocycles. The summed E-state index contributed by atoms with van der Waals surface area (Å²) in [6.07, 6.45) is -0.148. The van der Waals surface area contributed by atoms with E-state index >= 15 is 8.78 Å². The molecule has 4 rings (SSSR count). The molecule has 1 amide bonds. The number of pyridine rings is 1. The van der Waals surface area contributed by atoms with E-state index in [2.05, 4.69) is 20.5 Å². The van der Waals surface area contributed by atoms with Crippen LogP contribution in [0.5, 0.6) is 0 Å². The zero-order valence-corrected chi connectivity index (χ0v) is 19.4. The quantitative estimate of drug-likeness (QED) is 0.557. The van der Waals surface area contributed by atoms with E-state index in [1.807, 2.05) is 14.0 Å². The zero-order valence-electron chi connectivity index (χ0n) is 19.4. The third-order valence-corrected chi connectivity index (χ3v) is 6.56. The standard InChI is InChI=1S/C24H27F4N5O2/c1-13-12-33(8-7-32(13)2)18-10-17(25)20(14-3-5-29-6-4-14)21(26)22(18)31-24(35)16-11-30-19(34)9-15(16)23(27)28/h3,9-11,13,23,29H,4-8,12H2,1-2H3,(H,30,34)(H,31,35). The van der Waals surface area contributed by atoms with Crippen molar-refractivity contribution < 1.29 is 22.4 Å². The predicted molar refractivity (Wildman–Crippen MR) is 126 cm³/mol. The molecule has 1 fully saturated rings. The smallest absolute Gasteiger partial charge is 0.264 e. The summed E-state index contributed by atoms with van der Waals surface area (Å²) in [7, 11) is 1.95. The van der Waals surface area contributed by atoms with Crippen LogP contribution < -0.4 is 21.1 Å². The number of carbonyl (C=O) groups is 1. The summed E-state index contributed by atoms with van der Waals surface area (Å²) in [5.74, 6) is -2.75. The molecule has 1 aromatic heterocycles. The lowest BCUT2D eigenvalue weighted by Gasteiger charge is -2.40. The number of amides is 1. The van der Waals surface area contributed by atoms with Gasteiger partial charge in [-0.1, -0.05) is 6.08 Å². The van der Waals surface area contributed by atoms with Crippen molar-refractivity contribution in [1.29, 1.82) is 0 Å². The normalized spacial score (nSPS) is 19.1. The first-order chi connectivity index (χ1) is 16.7. The molecular formula is C24H27F4N5O2. The van der Waals surface area contributed by atoms with Crippen molar-refractivity contribution >= 4 is 22.9 Å². The highest BCUT2D eigenvalue weighted by molar-refractivity contribution is 6.07. The Morgan fingerprint density at radius 3 is 2.66 bits per heavy atom. The van der Waals surface area contributed by atoms with Crippen molar-refractivity contribution in [2.75, 3.05) is 50.0 Å². The second-order valence-electron chi connectivity index (χ2n) is 8.82. The van der Waals surface area contributed by atoms with Crippen molar-refractivity contribution in [3.8, 4) is 0 Å². The number of H-pyrrole nitrogens is 1. The minimum absolute atomic E-state index is 0.0786. The molecule has 7 nitrogen and oxygen atoms in total. The fourth-order valence-corrected chi connectivity index (χ4v) is 4.43. The van der Waals surface area contributed by atoms with Crippen LogP contribution in [0.2, 0.25) is 0 Å². The number of hydrogen-bond donors (Lipinski definition) is 3. The van der Waals surface area contributed by atoms with Gasteiger partial charge < -0.3 is 25.4 Å². The average molecular weight is 494 g/mol. The minimum Gasteiger partial charge on any atom is -0.367 e. The van der Waals surface area contributed by atoms with E-state index in [-0.39, 0.29) is 23.0 Å². The number of aromatic amines is 1. The van der Waals surface area contributed by atoms with Gasteiger partial charge in [0.25, 0.3) is 12.3 Å². The number of piperazine rings is 1. The van der Waals surface area contributed by atoms with E-state index in [4.69, 9.17) is 0 Å². The maximum absolute atomic E-state index is 15.9. The number of hydrogen-bond acceptors (Lipinski definition) is 5. The monoisotopic (exact) mass is 493 g/mol. The third kappa shape index (κ3) is 5.10. The van der Waals surface area contributed by atoms with Crippen LogP contribution in [-0.2, 0) is 0 Å². The molecule has 2 aliphatic rings. The lowest BCUT2D eigenvalue weighted by atomic mass is 9.97. The Balaban J connectivity index is 1.81. The Kier molecular flexibility index (Phi) is 7.27. The van der Waals surface area contributed by atoms with E-state index in [9.17, 15) is 18.4 Å². The van der Waals surface area contributed by atoms with Crippen LogP contribution in [0.15, 0.2) is 29.2 Å². The van der Waals surface area contributed by atoms with Crippen molar-refractivity contribution in [2.45, 2.75) is 25.8 Å². The van der Waals surface area contributed by atoms with Crippen LogP contribution in [0.4, 0.5) is 28.9 Å². The second-order valence-corrected chi connectivity index (χ2v) is 8.82. The molecule has 1 saturated heterocycles.